The molecule has 276 valence electrons. The van der Waals surface area contributed by atoms with Crippen LogP contribution in [-0.4, -0.2) is 86.5 Å². The molecule has 0 radical (unpaired) electrons. The summed E-state index contributed by atoms with van der Waals surface area (Å²) >= 11 is 0. The Hall–Kier alpha value is -1.64. The minimum atomic E-state index is -1.12. The van der Waals surface area contributed by atoms with Crippen LogP contribution in [0.25, 0.3) is 0 Å². The Morgan fingerprint density at radius 3 is 2.06 bits per heavy atom. The summed E-state index contributed by atoms with van der Waals surface area (Å²) in [6, 6.07) is 0. The molecule has 2 fully saturated rings. The van der Waals surface area contributed by atoms with Gasteiger partial charge in [0.05, 0.1) is 13.7 Å². The van der Waals surface area contributed by atoms with Crippen molar-refractivity contribution in [3.63, 3.8) is 0 Å². The summed E-state index contributed by atoms with van der Waals surface area (Å²) in [4.78, 5) is 51.2. The van der Waals surface area contributed by atoms with Gasteiger partial charge >= 0.3 is 61.6 Å². The zero-order valence-corrected chi connectivity index (χ0v) is 34.3. The van der Waals surface area contributed by atoms with E-state index in [1.165, 1.54) is 91.1 Å². The molecule has 8 nitrogen and oxygen atoms in total. The Morgan fingerprint density at radius 1 is 0.920 bits per heavy atom. The van der Waals surface area contributed by atoms with Gasteiger partial charge in [0.1, 0.15) is 16.6 Å². The van der Waals surface area contributed by atoms with E-state index in [9.17, 15) is 19.2 Å². The Kier molecular flexibility index (Phi) is 19.4. The van der Waals surface area contributed by atoms with E-state index in [4.69, 9.17) is 18.9 Å². The Morgan fingerprint density at radius 2 is 1.50 bits per heavy atom. The van der Waals surface area contributed by atoms with E-state index >= 15 is 0 Å². The number of hydrogen-bond donors (Lipinski definition) is 0. The molecular formula is C41H64CaO8+2. The Labute approximate surface area is 331 Å². The minimum Gasteiger partial charge on any atom is -0.466 e. The van der Waals surface area contributed by atoms with Crippen molar-refractivity contribution in [2.45, 2.75) is 168 Å². The van der Waals surface area contributed by atoms with Gasteiger partial charge in [-0.2, -0.15) is 0 Å². The molecule has 0 unspecified atom stereocenters. The summed E-state index contributed by atoms with van der Waals surface area (Å²) in [5.74, 6) is -1.20. The molecule has 3 rings (SSSR count). The van der Waals surface area contributed by atoms with E-state index < -0.39 is 34.5 Å². The second-order valence-corrected chi connectivity index (χ2v) is 15.3. The maximum atomic E-state index is 13.8. The smallest absolute Gasteiger partial charge is 0.466 e. The zero-order valence-electron chi connectivity index (χ0n) is 32.1. The van der Waals surface area contributed by atoms with Crippen LogP contribution in [0, 0.1) is 17.3 Å². The van der Waals surface area contributed by atoms with Crippen molar-refractivity contribution in [1.29, 1.82) is 0 Å². The van der Waals surface area contributed by atoms with Crippen molar-refractivity contribution >= 4 is 61.6 Å². The molecule has 4 atom stereocenters. The van der Waals surface area contributed by atoms with E-state index in [-0.39, 0.29) is 56.0 Å². The quantitative estimate of drug-likeness (QED) is 0.0288. The number of carbonyl (C=O) groups is 4. The molecule has 1 saturated carbocycles. The molecule has 1 aliphatic heterocycles. The molecule has 0 aromatic rings. The van der Waals surface area contributed by atoms with Crippen LogP contribution in [-0.2, 0) is 38.1 Å². The molecule has 3 aliphatic rings. The summed E-state index contributed by atoms with van der Waals surface area (Å²) < 4.78 is 22.7. The number of unbranched alkanes of at least 4 members (excludes halogenated alkanes) is 12. The van der Waals surface area contributed by atoms with Gasteiger partial charge in [-0.05, 0) is 64.4 Å². The van der Waals surface area contributed by atoms with Crippen molar-refractivity contribution in [1.82, 2.24) is 0 Å². The van der Waals surface area contributed by atoms with Gasteiger partial charge < -0.3 is 18.9 Å². The van der Waals surface area contributed by atoms with Gasteiger partial charge in [-0.1, -0.05) is 116 Å². The van der Waals surface area contributed by atoms with Gasteiger partial charge in [-0.3, -0.25) is 9.59 Å². The summed E-state index contributed by atoms with van der Waals surface area (Å²) in [5.41, 5.74) is -2.33. The SMILES string of the molecule is COC(=O)C1=CC[C@@]23CC[C@@H]([C@@](C)(/C=C/C=C(\C)C(=O)OCCCCCCCCCCCCCCCC(C)C)OC2=O)[C@@]3(OC(C)=O)CC1.[Ca+2]. The van der Waals surface area contributed by atoms with E-state index in [0.29, 0.717) is 43.4 Å². The average molecular weight is 725 g/mol. The van der Waals surface area contributed by atoms with E-state index in [2.05, 4.69) is 13.8 Å². The molecule has 0 aromatic heterocycles. The molecule has 9 heteroatoms. The van der Waals surface area contributed by atoms with Crippen LogP contribution in [0.4, 0.5) is 0 Å². The maximum Gasteiger partial charge on any atom is 2.00 e. The first-order valence-corrected chi connectivity index (χ1v) is 19.1. The van der Waals surface area contributed by atoms with Crippen molar-refractivity contribution in [3.8, 4) is 0 Å². The van der Waals surface area contributed by atoms with Crippen LogP contribution in [0.15, 0.2) is 35.5 Å². The largest absolute Gasteiger partial charge is 2.00 e. The standard InChI is InChI=1S/C41H64O8.Ca/c1-31(2)21-18-16-14-12-10-8-7-9-11-13-15-17-19-30-47-36(43)32(3)22-20-26-39(5)35-25-28-40(38(45)49-39)27-23-34(37(44)46-6)24-29-41(35,40)48-33(4)42;/h20,22-23,26,31,35H,7-19,21,24-25,27-30H2,1-6H3;/q;+2/b26-20+,32-22+;/t35-,39+,40+,41-;/m0./s1. The molecule has 0 spiro atoms. The predicted octanol–water partition coefficient (Wildman–Crippen LogP) is 9.07. The van der Waals surface area contributed by atoms with Crippen LogP contribution in [0.2, 0.25) is 0 Å². The molecule has 50 heavy (non-hydrogen) atoms. The molecule has 2 aliphatic carbocycles. The molecule has 0 aromatic carbocycles. The van der Waals surface area contributed by atoms with Gasteiger partial charge in [0.25, 0.3) is 0 Å². The number of cyclic esters (lactones) is 1. The Balaban J connectivity index is 0.00000867. The molecule has 0 N–H and O–H groups in total. The van der Waals surface area contributed by atoms with Gasteiger partial charge in [0.15, 0.2) is 0 Å². The van der Waals surface area contributed by atoms with Crippen molar-refractivity contribution in [2.75, 3.05) is 13.7 Å². The first-order chi connectivity index (χ1) is 23.4. The maximum absolute atomic E-state index is 13.8. The number of carbonyl (C=O) groups excluding carboxylic acids is 4. The zero-order chi connectivity index (χ0) is 35.9. The van der Waals surface area contributed by atoms with Crippen LogP contribution in [0.1, 0.15) is 157 Å². The van der Waals surface area contributed by atoms with Crippen LogP contribution >= 0.6 is 0 Å². The minimum absolute atomic E-state index is 0. The van der Waals surface area contributed by atoms with E-state index in [0.717, 1.165) is 18.8 Å². The van der Waals surface area contributed by atoms with Crippen molar-refractivity contribution in [2.24, 2.45) is 17.3 Å². The van der Waals surface area contributed by atoms with E-state index in [1.807, 2.05) is 6.92 Å². The second-order valence-electron chi connectivity index (χ2n) is 15.3. The normalized spacial score (nSPS) is 26.1. The molecule has 1 heterocycles. The third kappa shape index (κ3) is 11.9. The fraction of sp³-hybridized carbons (Fsp3) is 0.756. The number of allylic oxidation sites excluding steroid dienone is 3. The number of rotatable bonds is 21. The molecule has 1 saturated heterocycles. The summed E-state index contributed by atoms with van der Waals surface area (Å²) in [7, 11) is 1.33. The summed E-state index contributed by atoms with van der Waals surface area (Å²) in [6.45, 7) is 9.90. The van der Waals surface area contributed by atoms with Crippen molar-refractivity contribution < 1.29 is 38.1 Å². The molecule has 0 amide bonds. The van der Waals surface area contributed by atoms with Crippen LogP contribution < -0.4 is 0 Å². The van der Waals surface area contributed by atoms with Gasteiger partial charge in [0.2, 0.25) is 0 Å². The van der Waals surface area contributed by atoms with Gasteiger partial charge in [-0.25, -0.2) is 9.59 Å². The van der Waals surface area contributed by atoms with Gasteiger partial charge in [0, 0.05) is 24.0 Å². The number of hydrogen-bond acceptors (Lipinski definition) is 8. The number of esters is 4. The fourth-order valence-corrected chi connectivity index (χ4v) is 8.33. The third-order valence-corrected chi connectivity index (χ3v) is 11.1. The van der Waals surface area contributed by atoms with E-state index in [1.54, 1.807) is 31.2 Å². The number of ether oxygens (including phenoxy) is 4. The first-order valence-electron chi connectivity index (χ1n) is 19.1. The monoisotopic (exact) mass is 724 g/mol. The van der Waals surface area contributed by atoms with Crippen LogP contribution in [0.5, 0.6) is 0 Å². The Bertz CT molecular complexity index is 1220. The molecule has 2 bridgehead atoms. The van der Waals surface area contributed by atoms with Crippen molar-refractivity contribution in [3.05, 3.63) is 35.5 Å². The van der Waals surface area contributed by atoms with Gasteiger partial charge in [-0.15, -0.1) is 0 Å². The average Bonchev–Trinajstić information content (AvgIpc) is 3.20. The summed E-state index contributed by atoms with van der Waals surface area (Å²) in [6.07, 6.45) is 26.8. The fourth-order valence-electron chi connectivity index (χ4n) is 8.33. The van der Waals surface area contributed by atoms with Crippen LogP contribution in [0.3, 0.4) is 0 Å². The predicted molar refractivity (Wildman–Crippen MR) is 197 cm³/mol. The number of methoxy groups -OCH3 is 1. The second kappa shape index (κ2) is 21.8. The third-order valence-electron chi connectivity index (χ3n) is 11.1. The first kappa shape index (κ1) is 44.5. The molecular weight excluding hydrogens is 661 g/mol. The topological polar surface area (TPSA) is 105 Å². The summed E-state index contributed by atoms with van der Waals surface area (Å²) in [5, 5.41) is 0.